The zero-order chi connectivity index (χ0) is 15.0. The minimum Gasteiger partial charge on any atom is -0.326 e. The summed E-state index contributed by atoms with van der Waals surface area (Å²) in [5.41, 5.74) is 3.96. The van der Waals surface area contributed by atoms with E-state index >= 15 is 0 Å². The number of carbonyl (C=O) groups excluding carboxylic acids is 2. The Labute approximate surface area is 130 Å². The molecule has 2 amide bonds. The van der Waals surface area contributed by atoms with E-state index in [9.17, 15) is 9.59 Å². The molecule has 4 nitrogen and oxygen atoms in total. The molecule has 0 spiro atoms. The van der Waals surface area contributed by atoms with E-state index in [1.165, 1.54) is 0 Å². The smallest absolute Gasteiger partial charge is 0.255 e. The molecule has 0 saturated heterocycles. The van der Waals surface area contributed by atoms with Crippen molar-refractivity contribution in [2.75, 3.05) is 10.6 Å². The zero-order valence-corrected chi connectivity index (χ0v) is 13.0. The van der Waals surface area contributed by atoms with Crippen molar-refractivity contribution in [1.29, 1.82) is 0 Å². The standard InChI is InChI=1S/C16H13BrN2O2/c1-9-6-12(17)3-5-13(9)19-16(21)10-2-4-14-11(7-10)8-15(20)18-14/h2-7H,8H2,1H3,(H,18,20)(H,19,21). The molecule has 1 aliphatic heterocycles. The van der Waals surface area contributed by atoms with Crippen LogP contribution in [0, 0.1) is 6.92 Å². The monoisotopic (exact) mass is 344 g/mol. The molecular weight excluding hydrogens is 332 g/mol. The fourth-order valence-electron chi connectivity index (χ4n) is 2.33. The van der Waals surface area contributed by atoms with E-state index < -0.39 is 0 Å². The maximum Gasteiger partial charge on any atom is 0.255 e. The lowest BCUT2D eigenvalue weighted by Gasteiger charge is -2.09. The van der Waals surface area contributed by atoms with Gasteiger partial charge in [-0.1, -0.05) is 15.9 Å². The molecule has 21 heavy (non-hydrogen) atoms. The number of hydrogen-bond donors (Lipinski definition) is 2. The third-order valence-electron chi connectivity index (χ3n) is 3.43. The van der Waals surface area contributed by atoms with Gasteiger partial charge in [0.1, 0.15) is 0 Å². The first kappa shape index (κ1) is 13.8. The van der Waals surface area contributed by atoms with E-state index in [1.54, 1.807) is 18.2 Å². The van der Waals surface area contributed by atoms with Crippen molar-refractivity contribution < 1.29 is 9.59 Å². The summed E-state index contributed by atoms with van der Waals surface area (Å²) in [6.07, 6.45) is 0.327. The van der Waals surface area contributed by atoms with Crippen LogP contribution in [0.1, 0.15) is 21.5 Å². The summed E-state index contributed by atoms with van der Waals surface area (Å²) in [6, 6.07) is 10.9. The van der Waals surface area contributed by atoms with Gasteiger partial charge in [0.25, 0.3) is 5.91 Å². The first-order valence-electron chi connectivity index (χ1n) is 6.53. The molecule has 0 aromatic heterocycles. The van der Waals surface area contributed by atoms with Gasteiger partial charge in [-0.2, -0.15) is 0 Å². The van der Waals surface area contributed by atoms with Crippen LogP contribution in [0.2, 0.25) is 0 Å². The molecule has 2 N–H and O–H groups in total. The van der Waals surface area contributed by atoms with Crippen LogP contribution < -0.4 is 10.6 Å². The van der Waals surface area contributed by atoms with Crippen molar-refractivity contribution in [3.8, 4) is 0 Å². The Kier molecular flexibility index (Phi) is 3.51. The average molecular weight is 345 g/mol. The van der Waals surface area contributed by atoms with Crippen LogP contribution in [-0.2, 0) is 11.2 Å². The second-order valence-corrected chi connectivity index (χ2v) is 5.93. The number of hydrogen-bond acceptors (Lipinski definition) is 2. The average Bonchev–Trinajstić information content (AvgIpc) is 2.80. The number of amides is 2. The molecule has 1 aliphatic rings. The Bertz CT molecular complexity index is 756. The number of benzene rings is 2. The highest BCUT2D eigenvalue weighted by Gasteiger charge is 2.19. The molecule has 3 rings (SSSR count). The molecule has 1 heterocycles. The fourth-order valence-corrected chi connectivity index (χ4v) is 2.81. The lowest BCUT2D eigenvalue weighted by Crippen LogP contribution is -2.13. The molecule has 0 saturated carbocycles. The van der Waals surface area contributed by atoms with Gasteiger partial charge < -0.3 is 10.6 Å². The van der Waals surface area contributed by atoms with E-state index in [1.807, 2.05) is 25.1 Å². The Morgan fingerprint density at radius 3 is 2.81 bits per heavy atom. The predicted octanol–water partition coefficient (Wildman–Crippen LogP) is 3.50. The summed E-state index contributed by atoms with van der Waals surface area (Å²) < 4.78 is 0.972. The summed E-state index contributed by atoms with van der Waals surface area (Å²) in [7, 11) is 0. The largest absolute Gasteiger partial charge is 0.326 e. The molecule has 0 fully saturated rings. The number of nitrogens with one attached hydrogen (secondary N) is 2. The second-order valence-electron chi connectivity index (χ2n) is 5.01. The van der Waals surface area contributed by atoms with Crippen molar-refractivity contribution in [3.63, 3.8) is 0 Å². The van der Waals surface area contributed by atoms with Gasteiger partial charge in [-0.15, -0.1) is 0 Å². The first-order chi connectivity index (χ1) is 10.0. The van der Waals surface area contributed by atoms with Gasteiger partial charge in [0.15, 0.2) is 0 Å². The molecule has 0 unspecified atom stereocenters. The summed E-state index contributed by atoms with van der Waals surface area (Å²) in [5, 5.41) is 5.64. The molecule has 0 radical (unpaired) electrons. The molecule has 106 valence electrons. The van der Waals surface area contributed by atoms with Crippen LogP contribution in [-0.4, -0.2) is 11.8 Å². The molecule has 0 aliphatic carbocycles. The minimum atomic E-state index is -0.178. The summed E-state index contributed by atoms with van der Waals surface area (Å²) >= 11 is 3.40. The van der Waals surface area contributed by atoms with Gasteiger partial charge in [0.05, 0.1) is 6.42 Å². The Hall–Kier alpha value is -2.14. The Morgan fingerprint density at radius 1 is 1.24 bits per heavy atom. The lowest BCUT2D eigenvalue weighted by molar-refractivity contribution is -0.115. The number of anilines is 2. The van der Waals surface area contributed by atoms with Crippen LogP contribution >= 0.6 is 15.9 Å². The van der Waals surface area contributed by atoms with Crippen LogP contribution in [0.4, 0.5) is 11.4 Å². The van der Waals surface area contributed by atoms with Crippen molar-refractivity contribution in [1.82, 2.24) is 0 Å². The predicted molar refractivity (Wildman–Crippen MR) is 85.6 cm³/mol. The topological polar surface area (TPSA) is 58.2 Å². The van der Waals surface area contributed by atoms with E-state index in [2.05, 4.69) is 26.6 Å². The van der Waals surface area contributed by atoms with Gasteiger partial charge in [-0.05, 0) is 54.4 Å². The zero-order valence-electron chi connectivity index (χ0n) is 11.4. The van der Waals surface area contributed by atoms with Crippen molar-refractivity contribution in [2.24, 2.45) is 0 Å². The summed E-state index contributed by atoms with van der Waals surface area (Å²) in [5.74, 6) is -0.214. The number of fused-ring (bicyclic) bond motifs is 1. The van der Waals surface area contributed by atoms with E-state index in [0.29, 0.717) is 12.0 Å². The van der Waals surface area contributed by atoms with E-state index in [4.69, 9.17) is 0 Å². The third-order valence-corrected chi connectivity index (χ3v) is 3.92. The molecule has 5 heteroatoms. The number of halogens is 1. The fraction of sp³-hybridized carbons (Fsp3) is 0.125. The molecular formula is C16H13BrN2O2. The number of aryl methyl sites for hydroxylation is 1. The summed E-state index contributed by atoms with van der Waals surface area (Å²) in [6.45, 7) is 1.94. The Morgan fingerprint density at radius 2 is 2.05 bits per heavy atom. The first-order valence-corrected chi connectivity index (χ1v) is 7.32. The maximum atomic E-state index is 12.3. The van der Waals surface area contributed by atoms with E-state index in [0.717, 1.165) is 27.0 Å². The van der Waals surface area contributed by atoms with Crippen molar-refractivity contribution in [2.45, 2.75) is 13.3 Å². The highest BCUT2D eigenvalue weighted by atomic mass is 79.9. The van der Waals surface area contributed by atoms with Crippen LogP contribution in [0.25, 0.3) is 0 Å². The number of rotatable bonds is 2. The second kappa shape index (κ2) is 5.33. The third kappa shape index (κ3) is 2.83. The lowest BCUT2D eigenvalue weighted by atomic mass is 10.1. The van der Waals surface area contributed by atoms with Crippen LogP contribution in [0.5, 0.6) is 0 Å². The van der Waals surface area contributed by atoms with Gasteiger partial charge in [0, 0.05) is 21.4 Å². The van der Waals surface area contributed by atoms with Gasteiger partial charge in [-0.25, -0.2) is 0 Å². The maximum absolute atomic E-state index is 12.3. The van der Waals surface area contributed by atoms with E-state index in [-0.39, 0.29) is 11.8 Å². The Balaban J connectivity index is 1.83. The van der Waals surface area contributed by atoms with Gasteiger partial charge >= 0.3 is 0 Å². The molecule has 2 aromatic carbocycles. The highest BCUT2D eigenvalue weighted by molar-refractivity contribution is 9.10. The molecule has 0 bridgehead atoms. The molecule has 2 aromatic rings. The van der Waals surface area contributed by atoms with Gasteiger partial charge in [0.2, 0.25) is 5.91 Å². The minimum absolute atomic E-state index is 0.0358. The van der Waals surface area contributed by atoms with Gasteiger partial charge in [-0.3, -0.25) is 9.59 Å². The van der Waals surface area contributed by atoms with Crippen LogP contribution in [0.3, 0.4) is 0 Å². The molecule has 0 atom stereocenters. The van der Waals surface area contributed by atoms with Crippen LogP contribution in [0.15, 0.2) is 40.9 Å². The SMILES string of the molecule is Cc1cc(Br)ccc1NC(=O)c1ccc2c(c1)CC(=O)N2. The number of carbonyl (C=O) groups is 2. The normalized spacial score (nSPS) is 12.8. The van der Waals surface area contributed by atoms with Crippen molar-refractivity contribution >= 4 is 39.1 Å². The van der Waals surface area contributed by atoms with Crippen molar-refractivity contribution in [3.05, 3.63) is 57.6 Å². The quantitative estimate of drug-likeness (QED) is 0.875. The highest BCUT2D eigenvalue weighted by Crippen LogP contribution is 2.25. The summed E-state index contributed by atoms with van der Waals surface area (Å²) in [4.78, 5) is 23.6.